The van der Waals surface area contributed by atoms with Crippen molar-refractivity contribution in [3.05, 3.63) is 11.1 Å². The number of nitrogens with one attached hydrogen (secondary N) is 1. The number of rotatable bonds is 4. The molecule has 1 N–H and O–H groups in total. The lowest BCUT2D eigenvalue weighted by Gasteiger charge is -2.07. The van der Waals surface area contributed by atoms with Gasteiger partial charge in [0.1, 0.15) is 0 Å². The Labute approximate surface area is 88.5 Å². The van der Waals surface area contributed by atoms with E-state index in [1.165, 1.54) is 12.1 Å². The second-order valence-electron chi connectivity index (χ2n) is 3.61. The van der Waals surface area contributed by atoms with Crippen molar-refractivity contribution >= 4 is 16.5 Å². The number of thiazole rings is 1. The molecule has 2 rings (SSSR count). The van der Waals surface area contributed by atoms with Gasteiger partial charge in [0.25, 0.3) is 0 Å². The molecule has 1 aliphatic heterocycles. The van der Waals surface area contributed by atoms with E-state index in [0.29, 0.717) is 5.92 Å². The van der Waals surface area contributed by atoms with Gasteiger partial charge in [-0.1, -0.05) is 6.92 Å². The van der Waals surface area contributed by atoms with Crippen molar-refractivity contribution in [3.8, 4) is 0 Å². The Kier molecular flexibility index (Phi) is 3.37. The van der Waals surface area contributed by atoms with E-state index >= 15 is 0 Å². The van der Waals surface area contributed by atoms with Gasteiger partial charge in [0.15, 0.2) is 5.13 Å². The molecule has 0 radical (unpaired) electrons. The van der Waals surface area contributed by atoms with Crippen LogP contribution in [0.15, 0.2) is 5.38 Å². The van der Waals surface area contributed by atoms with E-state index in [-0.39, 0.29) is 0 Å². The van der Waals surface area contributed by atoms with Crippen LogP contribution in [-0.2, 0) is 11.2 Å². The Morgan fingerprint density at radius 1 is 1.71 bits per heavy atom. The van der Waals surface area contributed by atoms with Gasteiger partial charge in [-0.2, -0.15) is 0 Å². The summed E-state index contributed by atoms with van der Waals surface area (Å²) in [6, 6.07) is 0. The van der Waals surface area contributed by atoms with Crippen molar-refractivity contribution in [2.75, 3.05) is 25.1 Å². The summed E-state index contributed by atoms with van der Waals surface area (Å²) in [5.74, 6) is 0.670. The fourth-order valence-electron chi connectivity index (χ4n) is 1.53. The minimum atomic E-state index is 0.670. The highest BCUT2D eigenvalue weighted by atomic mass is 32.1. The van der Waals surface area contributed by atoms with Crippen molar-refractivity contribution in [1.82, 2.24) is 4.98 Å². The number of hydrogen-bond donors (Lipinski definition) is 1. The molecule has 3 nitrogen and oxygen atoms in total. The summed E-state index contributed by atoms with van der Waals surface area (Å²) in [6.07, 6.45) is 2.20. The zero-order valence-electron chi connectivity index (χ0n) is 8.45. The molecule has 1 saturated heterocycles. The van der Waals surface area contributed by atoms with Gasteiger partial charge in [0.2, 0.25) is 0 Å². The first-order chi connectivity index (χ1) is 6.88. The van der Waals surface area contributed by atoms with Gasteiger partial charge in [-0.3, -0.25) is 0 Å². The molecule has 1 unspecified atom stereocenters. The summed E-state index contributed by atoms with van der Waals surface area (Å²) in [4.78, 5) is 4.46. The number of ether oxygens (including phenoxy) is 1. The lowest BCUT2D eigenvalue weighted by atomic mass is 10.1. The summed E-state index contributed by atoms with van der Waals surface area (Å²) in [5.41, 5.74) is 1.18. The number of hydrogen-bond acceptors (Lipinski definition) is 4. The van der Waals surface area contributed by atoms with Crippen LogP contribution in [0.25, 0.3) is 0 Å². The highest BCUT2D eigenvalue weighted by Crippen LogP contribution is 2.18. The van der Waals surface area contributed by atoms with Crippen LogP contribution in [0.4, 0.5) is 5.13 Å². The van der Waals surface area contributed by atoms with Crippen molar-refractivity contribution in [3.63, 3.8) is 0 Å². The maximum atomic E-state index is 5.31. The van der Waals surface area contributed by atoms with Gasteiger partial charge in [-0.05, 0) is 12.8 Å². The molecular formula is C10H16N2OS. The van der Waals surface area contributed by atoms with E-state index in [4.69, 9.17) is 4.74 Å². The molecule has 1 aromatic heterocycles. The monoisotopic (exact) mass is 212 g/mol. The first kappa shape index (κ1) is 9.93. The van der Waals surface area contributed by atoms with Crippen molar-refractivity contribution in [1.29, 1.82) is 0 Å². The van der Waals surface area contributed by atoms with Crippen LogP contribution >= 0.6 is 11.3 Å². The van der Waals surface area contributed by atoms with Crippen LogP contribution < -0.4 is 5.32 Å². The molecule has 0 spiro atoms. The lowest BCUT2D eigenvalue weighted by Crippen LogP contribution is -2.13. The molecule has 0 aromatic carbocycles. The zero-order chi connectivity index (χ0) is 9.80. The molecule has 78 valence electrons. The normalized spacial score (nSPS) is 21.4. The van der Waals surface area contributed by atoms with E-state index in [1.54, 1.807) is 11.3 Å². The Balaban J connectivity index is 1.79. The lowest BCUT2D eigenvalue weighted by molar-refractivity contribution is 0.187. The molecule has 1 atom stereocenters. The Morgan fingerprint density at radius 3 is 3.29 bits per heavy atom. The molecule has 14 heavy (non-hydrogen) atoms. The molecular weight excluding hydrogens is 196 g/mol. The minimum Gasteiger partial charge on any atom is -0.381 e. The molecule has 4 heteroatoms. The molecule has 1 fully saturated rings. The Morgan fingerprint density at radius 2 is 2.64 bits per heavy atom. The van der Waals surface area contributed by atoms with Crippen LogP contribution in [0.5, 0.6) is 0 Å². The summed E-state index contributed by atoms with van der Waals surface area (Å²) in [7, 11) is 0. The average Bonchev–Trinajstić information content (AvgIpc) is 2.86. The van der Waals surface area contributed by atoms with Gasteiger partial charge in [-0.25, -0.2) is 4.98 Å². The second-order valence-corrected chi connectivity index (χ2v) is 4.47. The molecule has 2 heterocycles. The summed E-state index contributed by atoms with van der Waals surface area (Å²) in [5, 5.41) is 6.54. The molecule has 0 saturated carbocycles. The largest absolute Gasteiger partial charge is 0.381 e. The predicted molar refractivity (Wildman–Crippen MR) is 58.9 cm³/mol. The number of aryl methyl sites for hydroxylation is 1. The third-order valence-corrected chi connectivity index (χ3v) is 3.33. The highest BCUT2D eigenvalue weighted by molar-refractivity contribution is 7.13. The fraction of sp³-hybridized carbons (Fsp3) is 0.700. The zero-order valence-corrected chi connectivity index (χ0v) is 9.27. The van der Waals surface area contributed by atoms with Crippen LogP contribution in [0.2, 0.25) is 0 Å². The Hall–Kier alpha value is -0.610. The van der Waals surface area contributed by atoms with Gasteiger partial charge < -0.3 is 10.1 Å². The smallest absolute Gasteiger partial charge is 0.182 e. The maximum absolute atomic E-state index is 5.31. The van der Waals surface area contributed by atoms with E-state index in [1.807, 2.05) is 0 Å². The standard InChI is InChI=1S/C10H16N2OS/c1-2-9-7-14-10(12-9)11-5-8-3-4-13-6-8/h7-8H,2-6H2,1H3,(H,11,12). The van der Waals surface area contributed by atoms with Gasteiger partial charge in [0.05, 0.1) is 12.3 Å². The van der Waals surface area contributed by atoms with Gasteiger partial charge in [0, 0.05) is 24.4 Å². The van der Waals surface area contributed by atoms with Crippen LogP contribution in [-0.4, -0.2) is 24.7 Å². The highest BCUT2D eigenvalue weighted by Gasteiger charge is 2.15. The first-order valence-corrected chi connectivity index (χ1v) is 6.02. The molecule has 0 bridgehead atoms. The van der Waals surface area contributed by atoms with E-state index in [0.717, 1.165) is 31.3 Å². The number of anilines is 1. The van der Waals surface area contributed by atoms with Crippen LogP contribution in [0.3, 0.4) is 0 Å². The Bertz CT molecular complexity index is 281. The van der Waals surface area contributed by atoms with Crippen LogP contribution in [0, 0.1) is 5.92 Å². The predicted octanol–water partition coefficient (Wildman–Crippen LogP) is 2.15. The third-order valence-electron chi connectivity index (χ3n) is 2.48. The average molecular weight is 212 g/mol. The van der Waals surface area contributed by atoms with E-state index < -0.39 is 0 Å². The third kappa shape index (κ3) is 2.45. The second kappa shape index (κ2) is 4.75. The summed E-state index contributed by atoms with van der Waals surface area (Å²) < 4.78 is 5.31. The topological polar surface area (TPSA) is 34.1 Å². The fourth-order valence-corrected chi connectivity index (χ4v) is 2.33. The van der Waals surface area contributed by atoms with Gasteiger partial charge >= 0.3 is 0 Å². The molecule has 0 amide bonds. The summed E-state index contributed by atoms with van der Waals surface area (Å²) >= 11 is 1.69. The van der Waals surface area contributed by atoms with Crippen molar-refractivity contribution in [2.24, 2.45) is 5.92 Å². The number of nitrogens with zero attached hydrogens (tertiary/aromatic N) is 1. The first-order valence-electron chi connectivity index (χ1n) is 5.14. The van der Waals surface area contributed by atoms with Crippen LogP contribution in [0.1, 0.15) is 19.0 Å². The van der Waals surface area contributed by atoms with E-state index in [9.17, 15) is 0 Å². The maximum Gasteiger partial charge on any atom is 0.182 e. The number of aromatic nitrogens is 1. The minimum absolute atomic E-state index is 0.670. The molecule has 0 aliphatic carbocycles. The SMILES string of the molecule is CCc1csc(NCC2CCOC2)n1. The molecule has 1 aliphatic rings. The quantitative estimate of drug-likeness (QED) is 0.830. The van der Waals surface area contributed by atoms with Gasteiger partial charge in [-0.15, -0.1) is 11.3 Å². The summed E-state index contributed by atoms with van der Waals surface area (Å²) in [6.45, 7) is 4.95. The van der Waals surface area contributed by atoms with Crippen molar-refractivity contribution in [2.45, 2.75) is 19.8 Å². The van der Waals surface area contributed by atoms with E-state index in [2.05, 4.69) is 22.6 Å². The molecule has 1 aromatic rings. The van der Waals surface area contributed by atoms with Crippen molar-refractivity contribution < 1.29 is 4.74 Å².